The Kier molecular flexibility index (Phi) is 4.91. The molecule has 0 spiro atoms. The highest BCUT2D eigenvalue weighted by molar-refractivity contribution is 6.01. The summed E-state index contributed by atoms with van der Waals surface area (Å²) >= 11 is 0. The number of fused-ring (bicyclic) bond motifs is 1. The number of benzene rings is 2. The van der Waals surface area contributed by atoms with E-state index in [2.05, 4.69) is 23.5 Å². The maximum Gasteiger partial charge on any atom is 0.339 e. The predicted octanol–water partition coefficient (Wildman–Crippen LogP) is 1.05. The van der Waals surface area contributed by atoms with Crippen LogP contribution >= 0.6 is 0 Å². The first-order chi connectivity index (χ1) is 11.7. The van der Waals surface area contributed by atoms with Crippen LogP contribution in [-0.4, -0.2) is 32.1 Å². The molecule has 1 amide bonds. The van der Waals surface area contributed by atoms with Gasteiger partial charge in [0.25, 0.3) is 5.91 Å². The van der Waals surface area contributed by atoms with E-state index in [1.807, 2.05) is 6.07 Å². The van der Waals surface area contributed by atoms with Crippen LogP contribution in [-0.2, 0) is 22.5 Å². The fourth-order valence-electron chi connectivity index (χ4n) is 3.10. The Hall–Kier alpha value is -2.66. The summed E-state index contributed by atoms with van der Waals surface area (Å²) in [5.41, 5.74) is 3.54. The molecular weight excluding hydrogens is 304 g/mol. The van der Waals surface area contributed by atoms with Gasteiger partial charge in [0.15, 0.2) is 6.54 Å². The lowest BCUT2D eigenvalue weighted by molar-refractivity contribution is -0.907. The molecule has 1 aliphatic rings. The number of carbonyl (C=O) groups excluding carboxylic acids is 2. The van der Waals surface area contributed by atoms with E-state index < -0.39 is 5.97 Å². The standard InChI is InChI=1S/C19H20N2O3/c1-24-19(23)16-8-4-5-9-17(16)20-18(22)13-21-11-10-14-6-2-3-7-15(14)12-21/h2-9H,10-13H2,1H3,(H,20,22)/p+1. The largest absolute Gasteiger partial charge is 0.465 e. The maximum atomic E-state index is 12.4. The smallest absolute Gasteiger partial charge is 0.339 e. The summed E-state index contributed by atoms with van der Waals surface area (Å²) in [4.78, 5) is 25.4. The molecule has 0 radical (unpaired) electrons. The minimum Gasteiger partial charge on any atom is -0.465 e. The van der Waals surface area contributed by atoms with Crippen molar-refractivity contribution in [2.45, 2.75) is 13.0 Å². The van der Waals surface area contributed by atoms with Gasteiger partial charge in [-0.1, -0.05) is 36.4 Å². The van der Waals surface area contributed by atoms with E-state index in [4.69, 9.17) is 4.74 Å². The number of ether oxygens (including phenoxy) is 1. The Bertz CT molecular complexity index is 758. The highest BCUT2D eigenvalue weighted by Crippen LogP contribution is 2.15. The lowest BCUT2D eigenvalue weighted by Gasteiger charge is -2.25. The molecule has 2 aromatic rings. The first-order valence-electron chi connectivity index (χ1n) is 8.05. The molecule has 5 heteroatoms. The van der Waals surface area contributed by atoms with Crippen LogP contribution in [0.25, 0.3) is 0 Å². The van der Waals surface area contributed by atoms with Gasteiger partial charge in [-0.2, -0.15) is 0 Å². The maximum absolute atomic E-state index is 12.4. The molecule has 1 unspecified atom stereocenters. The summed E-state index contributed by atoms with van der Waals surface area (Å²) in [5.74, 6) is -0.550. The van der Waals surface area contributed by atoms with Crippen LogP contribution in [0, 0.1) is 0 Å². The lowest BCUT2D eigenvalue weighted by Crippen LogP contribution is -3.12. The Morgan fingerprint density at radius 1 is 1.08 bits per heavy atom. The molecule has 1 atom stereocenters. The van der Waals surface area contributed by atoms with Gasteiger partial charge in [-0.3, -0.25) is 4.79 Å². The van der Waals surface area contributed by atoms with E-state index in [1.54, 1.807) is 24.3 Å². The van der Waals surface area contributed by atoms with Crippen LogP contribution in [0.1, 0.15) is 21.5 Å². The van der Waals surface area contributed by atoms with Crippen LogP contribution < -0.4 is 10.2 Å². The number of nitrogens with one attached hydrogen (secondary N) is 2. The molecular formula is C19H21N2O3+. The van der Waals surface area contributed by atoms with E-state index in [1.165, 1.54) is 23.1 Å². The quantitative estimate of drug-likeness (QED) is 0.826. The van der Waals surface area contributed by atoms with Crippen molar-refractivity contribution in [1.82, 2.24) is 0 Å². The van der Waals surface area contributed by atoms with Gasteiger partial charge in [-0.25, -0.2) is 4.79 Å². The summed E-state index contributed by atoms with van der Waals surface area (Å²) in [6.07, 6.45) is 0.984. The minimum absolute atomic E-state index is 0.0965. The second-order valence-corrected chi connectivity index (χ2v) is 5.96. The molecule has 2 N–H and O–H groups in total. The Morgan fingerprint density at radius 3 is 2.58 bits per heavy atom. The zero-order valence-corrected chi connectivity index (χ0v) is 13.7. The van der Waals surface area contributed by atoms with E-state index in [0.29, 0.717) is 17.8 Å². The van der Waals surface area contributed by atoms with Crippen LogP contribution in [0.2, 0.25) is 0 Å². The number of methoxy groups -OCH3 is 1. The fourth-order valence-corrected chi connectivity index (χ4v) is 3.10. The van der Waals surface area contributed by atoms with Gasteiger partial charge in [0.05, 0.1) is 24.9 Å². The summed E-state index contributed by atoms with van der Waals surface area (Å²) < 4.78 is 4.75. The number of rotatable bonds is 4. The predicted molar refractivity (Wildman–Crippen MR) is 91.0 cm³/mol. The third-order valence-corrected chi connectivity index (χ3v) is 4.32. The van der Waals surface area contributed by atoms with Gasteiger partial charge in [0.1, 0.15) is 6.54 Å². The first kappa shape index (κ1) is 16.2. The van der Waals surface area contributed by atoms with E-state index in [0.717, 1.165) is 19.5 Å². The molecule has 0 aromatic heterocycles. The molecule has 0 aliphatic carbocycles. The molecule has 24 heavy (non-hydrogen) atoms. The topological polar surface area (TPSA) is 59.8 Å². The molecule has 2 aromatic carbocycles. The number of amides is 1. The number of quaternary nitrogens is 1. The number of esters is 1. The normalized spacial score (nSPS) is 16.1. The van der Waals surface area contributed by atoms with Crippen molar-refractivity contribution in [1.29, 1.82) is 0 Å². The Morgan fingerprint density at radius 2 is 1.79 bits per heavy atom. The minimum atomic E-state index is -0.454. The van der Waals surface area contributed by atoms with Crippen LogP contribution in [0.5, 0.6) is 0 Å². The molecule has 0 bridgehead atoms. The zero-order valence-electron chi connectivity index (χ0n) is 13.7. The van der Waals surface area contributed by atoms with Crippen molar-refractivity contribution in [2.24, 2.45) is 0 Å². The molecule has 0 saturated heterocycles. The van der Waals surface area contributed by atoms with Crippen molar-refractivity contribution < 1.29 is 19.2 Å². The molecule has 0 saturated carbocycles. The lowest BCUT2D eigenvalue weighted by atomic mass is 10.00. The Labute approximate surface area is 141 Å². The number of para-hydroxylation sites is 1. The molecule has 5 nitrogen and oxygen atoms in total. The van der Waals surface area contributed by atoms with Crippen molar-refractivity contribution in [2.75, 3.05) is 25.5 Å². The monoisotopic (exact) mass is 325 g/mol. The molecule has 1 heterocycles. The molecule has 1 aliphatic heterocycles. The molecule has 3 rings (SSSR count). The SMILES string of the molecule is COC(=O)c1ccccc1NC(=O)C[NH+]1CCc2ccccc2C1. The highest BCUT2D eigenvalue weighted by atomic mass is 16.5. The number of hydrogen-bond acceptors (Lipinski definition) is 3. The van der Waals surface area contributed by atoms with Gasteiger partial charge in [0.2, 0.25) is 0 Å². The van der Waals surface area contributed by atoms with Crippen molar-refractivity contribution >= 4 is 17.6 Å². The summed E-state index contributed by atoms with van der Waals surface area (Å²) in [5, 5.41) is 2.84. The van der Waals surface area contributed by atoms with Crippen molar-refractivity contribution in [3.05, 3.63) is 65.2 Å². The van der Waals surface area contributed by atoms with Gasteiger partial charge in [0, 0.05) is 12.0 Å². The van der Waals surface area contributed by atoms with Gasteiger partial charge in [-0.05, 0) is 17.7 Å². The van der Waals surface area contributed by atoms with E-state index in [9.17, 15) is 9.59 Å². The zero-order chi connectivity index (χ0) is 16.9. The highest BCUT2D eigenvalue weighted by Gasteiger charge is 2.22. The second kappa shape index (κ2) is 7.27. The Balaban J connectivity index is 1.64. The number of hydrogen-bond donors (Lipinski definition) is 2. The van der Waals surface area contributed by atoms with Gasteiger partial charge in [-0.15, -0.1) is 0 Å². The van der Waals surface area contributed by atoms with Crippen molar-refractivity contribution in [3.8, 4) is 0 Å². The van der Waals surface area contributed by atoms with Crippen LogP contribution in [0.4, 0.5) is 5.69 Å². The second-order valence-electron chi connectivity index (χ2n) is 5.96. The van der Waals surface area contributed by atoms with Gasteiger partial charge >= 0.3 is 5.97 Å². The third kappa shape index (κ3) is 3.63. The molecule has 124 valence electrons. The number of carbonyl (C=O) groups is 2. The average Bonchev–Trinajstić information content (AvgIpc) is 2.61. The number of anilines is 1. The van der Waals surface area contributed by atoms with E-state index >= 15 is 0 Å². The first-order valence-corrected chi connectivity index (χ1v) is 8.05. The summed E-state index contributed by atoms with van der Waals surface area (Å²) in [7, 11) is 1.33. The fraction of sp³-hybridized carbons (Fsp3) is 0.263. The summed E-state index contributed by atoms with van der Waals surface area (Å²) in [6, 6.07) is 15.3. The van der Waals surface area contributed by atoms with Crippen LogP contribution in [0.3, 0.4) is 0 Å². The summed E-state index contributed by atoms with van der Waals surface area (Å²) in [6.45, 7) is 2.16. The van der Waals surface area contributed by atoms with Crippen LogP contribution in [0.15, 0.2) is 48.5 Å². The van der Waals surface area contributed by atoms with Gasteiger partial charge < -0.3 is 15.0 Å². The van der Waals surface area contributed by atoms with E-state index in [-0.39, 0.29) is 5.91 Å². The molecule has 0 fully saturated rings. The van der Waals surface area contributed by atoms with Crippen molar-refractivity contribution in [3.63, 3.8) is 0 Å². The average molecular weight is 325 g/mol. The third-order valence-electron chi connectivity index (χ3n) is 4.32.